The van der Waals surface area contributed by atoms with Crippen LogP contribution in [0.1, 0.15) is 11.1 Å². The first-order valence-electron chi connectivity index (χ1n) is 7.96. The van der Waals surface area contributed by atoms with E-state index in [1.165, 1.54) is 26.4 Å². The fourth-order valence-corrected chi connectivity index (χ4v) is 3.07. The summed E-state index contributed by atoms with van der Waals surface area (Å²) < 4.78 is 10.3. The smallest absolute Gasteiger partial charge is 0.276 e. The maximum Gasteiger partial charge on any atom is 0.276 e. The van der Waals surface area contributed by atoms with Crippen molar-refractivity contribution >= 4 is 34.8 Å². The lowest BCUT2D eigenvalue weighted by Crippen LogP contribution is -2.27. The monoisotopic (exact) mass is 412 g/mol. The van der Waals surface area contributed by atoms with E-state index < -0.39 is 4.92 Å². The van der Waals surface area contributed by atoms with Crippen LogP contribution in [0, 0.1) is 10.1 Å². The van der Waals surface area contributed by atoms with Crippen LogP contribution < -0.4 is 14.8 Å². The van der Waals surface area contributed by atoms with E-state index in [9.17, 15) is 14.9 Å². The van der Waals surface area contributed by atoms with Crippen LogP contribution in [-0.4, -0.2) is 31.6 Å². The number of carbonyl (C=O) groups is 1. The minimum Gasteiger partial charge on any atom is -0.493 e. The molecule has 0 atom stereocenters. The number of carbonyl (C=O) groups excluding carboxylic acids is 1. The molecule has 0 aliphatic rings. The zero-order valence-corrected chi connectivity index (χ0v) is 16.3. The third-order valence-corrected chi connectivity index (χ3v) is 4.61. The van der Waals surface area contributed by atoms with Crippen LogP contribution in [0.5, 0.6) is 11.5 Å². The Labute approximate surface area is 166 Å². The molecule has 0 fully saturated rings. The molecule has 144 valence electrons. The van der Waals surface area contributed by atoms with Gasteiger partial charge in [-0.25, -0.2) is 0 Å². The Kier molecular flexibility index (Phi) is 7.27. The Hall–Kier alpha value is -2.51. The van der Waals surface area contributed by atoms with Crippen molar-refractivity contribution < 1.29 is 19.2 Å². The summed E-state index contributed by atoms with van der Waals surface area (Å²) in [4.78, 5) is 22.9. The Morgan fingerprint density at radius 2 is 1.74 bits per heavy atom. The second kappa shape index (κ2) is 9.43. The molecule has 0 saturated heterocycles. The second-order valence-corrected chi connectivity index (χ2v) is 6.38. The average molecular weight is 413 g/mol. The molecule has 7 nitrogen and oxygen atoms in total. The molecule has 0 aliphatic carbocycles. The van der Waals surface area contributed by atoms with Crippen LogP contribution in [0.25, 0.3) is 0 Å². The summed E-state index contributed by atoms with van der Waals surface area (Å²) in [5.74, 6) is 0.366. The topological polar surface area (TPSA) is 90.7 Å². The fourth-order valence-electron chi connectivity index (χ4n) is 2.54. The van der Waals surface area contributed by atoms with Crippen molar-refractivity contribution in [1.82, 2.24) is 5.32 Å². The van der Waals surface area contributed by atoms with Gasteiger partial charge in [-0.1, -0.05) is 29.3 Å². The van der Waals surface area contributed by atoms with Gasteiger partial charge in [0, 0.05) is 22.2 Å². The molecule has 1 amide bonds. The van der Waals surface area contributed by atoms with E-state index in [0.29, 0.717) is 26.9 Å². The number of nitrogens with one attached hydrogen (secondary N) is 1. The molecule has 0 unspecified atom stereocenters. The van der Waals surface area contributed by atoms with Gasteiger partial charge in [-0.2, -0.15) is 0 Å². The summed E-state index contributed by atoms with van der Waals surface area (Å²) in [6, 6.07) is 7.85. The highest BCUT2D eigenvalue weighted by Gasteiger charge is 2.19. The predicted molar refractivity (Wildman–Crippen MR) is 103 cm³/mol. The lowest BCUT2D eigenvalue weighted by atomic mass is 10.1. The molecule has 9 heteroatoms. The van der Waals surface area contributed by atoms with Crippen molar-refractivity contribution in [3.63, 3.8) is 0 Å². The quantitative estimate of drug-likeness (QED) is 0.525. The number of ether oxygens (including phenoxy) is 2. The van der Waals surface area contributed by atoms with E-state index in [-0.39, 0.29) is 36.7 Å². The van der Waals surface area contributed by atoms with Gasteiger partial charge in [0.25, 0.3) is 5.69 Å². The Bertz CT molecular complexity index is 838. The van der Waals surface area contributed by atoms with Gasteiger partial charge in [-0.15, -0.1) is 0 Å². The van der Waals surface area contributed by atoms with E-state index in [4.69, 9.17) is 32.7 Å². The van der Waals surface area contributed by atoms with Gasteiger partial charge in [-0.3, -0.25) is 14.9 Å². The highest BCUT2D eigenvalue weighted by molar-refractivity contribution is 6.36. The van der Waals surface area contributed by atoms with E-state index in [1.807, 2.05) is 0 Å². The minimum absolute atomic E-state index is 0.0204. The van der Waals surface area contributed by atoms with Crippen LogP contribution in [0.3, 0.4) is 0 Å². The number of nitro groups is 1. The summed E-state index contributed by atoms with van der Waals surface area (Å²) in [5.41, 5.74) is 0.861. The van der Waals surface area contributed by atoms with Gasteiger partial charge < -0.3 is 14.8 Å². The first kappa shape index (κ1) is 20.8. The van der Waals surface area contributed by atoms with Crippen molar-refractivity contribution in [3.05, 3.63) is 61.6 Å². The number of amides is 1. The molecule has 2 aromatic carbocycles. The summed E-state index contributed by atoms with van der Waals surface area (Å²) >= 11 is 12.1. The number of nitro benzene ring substituents is 1. The number of nitrogens with zero attached hydrogens (tertiary/aromatic N) is 1. The highest BCUT2D eigenvalue weighted by Crippen LogP contribution is 2.34. The first-order valence-corrected chi connectivity index (χ1v) is 8.71. The van der Waals surface area contributed by atoms with E-state index in [1.54, 1.807) is 18.2 Å². The molecule has 0 heterocycles. The van der Waals surface area contributed by atoms with Gasteiger partial charge in [0.1, 0.15) is 0 Å². The van der Waals surface area contributed by atoms with Gasteiger partial charge in [0.2, 0.25) is 5.91 Å². The predicted octanol–water partition coefficient (Wildman–Crippen LogP) is 3.82. The summed E-state index contributed by atoms with van der Waals surface area (Å²) in [5, 5.41) is 14.8. The lowest BCUT2D eigenvalue weighted by molar-refractivity contribution is -0.385. The Morgan fingerprint density at radius 1 is 1.15 bits per heavy atom. The molecule has 0 spiro atoms. The van der Waals surface area contributed by atoms with Gasteiger partial charge in [0.05, 0.1) is 31.6 Å². The minimum atomic E-state index is -0.497. The summed E-state index contributed by atoms with van der Waals surface area (Å²) in [6.07, 6.45) is 0.269. The molecular formula is C18H18Cl2N2O5. The average Bonchev–Trinajstić information content (AvgIpc) is 2.64. The number of benzene rings is 2. The van der Waals surface area contributed by atoms with Crippen LogP contribution in [-0.2, 0) is 17.6 Å². The Morgan fingerprint density at radius 3 is 2.30 bits per heavy atom. The lowest BCUT2D eigenvalue weighted by Gasteiger charge is -2.11. The van der Waals surface area contributed by atoms with Gasteiger partial charge >= 0.3 is 0 Å². The molecule has 0 saturated carbocycles. The zero-order chi connectivity index (χ0) is 20.0. The number of halogens is 2. The van der Waals surface area contributed by atoms with Gasteiger partial charge in [0.15, 0.2) is 11.5 Å². The number of methoxy groups -OCH3 is 2. The second-order valence-electron chi connectivity index (χ2n) is 5.57. The third kappa shape index (κ3) is 5.24. The number of hydrogen-bond donors (Lipinski definition) is 1. The zero-order valence-electron chi connectivity index (χ0n) is 14.8. The summed E-state index contributed by atoms with van der Waals surface area (Å²) in [6.45, 7) is 0.206. The van der Waals surface area contributed by atoms with Crippen molar-refractivity contribution in [2.45, 2.75) is 12.8 Å². The van der Waals surface area contributed by atoms with E-state index >= 15 is 0 Å². The fraction of sp³-hybridized carbons (Fsp3) is 0.278. The molecule has 0 radical (unpaired) electrons. The van der Waals surface area contributed by atoms with Crippen molar-refractivity contribution in [2.75, 3.05) is 20.8 Å². The number of rotatable bonds is 8. The third-order valence-electron chi connectivity index (χ3n) is 3.90. The highest BCUT2D eigenvalue weighted by atomic mass is 35.5. The maximum absolute atomic E-state index is 12.1. The van der Waals surface area contributed by atoms with Crippen molar-refractivity contribution in [2.24, 2.45) is 0 Å². The first-order chi connectivity index (χ1) is 12.9. The standard InChI is InChI=1S/C18H18Cl2N2O5/c1-26-16-8-11(15(22(24)25)10-17(16)27-2)6-7-21-18(23)9-12-13(19)4-3-5-14(12)20/h3-5,8,10H,6-7,9H2,1-2H3,(H,21,23). The molecule has 0 bridgehead atoms. The van der Waals surface area contributed by atoms with Crippen molar-refractivity contribution in [3.8, 4) is 11.5 Å². The molecule has 2 aromatic rings. The normalized spacial score (nSPS) is 10.4. The molecule has 2 rings (SSSR count). The molecule has 1 N–H and O–H groups in total. The largest absolute Gasteiger partial charge is 0.493 e. The van der Waals surface area contributed by atoms with E-state index in [2.05, 4.69) is 5.32 Å². The van der Waals surface area contributed by atoms with Crippen molar-refractivity contribution in [1.29, 1.82) is 0 Å². The van der Waals surface area contributed by atoms with Crippen LogP contribution in [0.4, 0.5) is 5.69 Å². The van der Waals surface area contributed by atoms with E-state index in [0.717, 1.165) is 0 Å². The Balaban J connectivity index is 2.06. The number of hydrogen-bond acceptors (Lipinski definition) is 5. The summed E-state index contributed by atoms with van der Waals surface area (Å²) in [7, 11) is 2.85. The van der Waals surface area contributed by atoms with Crippen LogP contribution in [0.15, 0.2) is 30.3 Å². The SMILES string of the molecule is COc1cc(CCNC(=O)Cc2c(Cl)cccc2Cl)c([N+](=O)[O-])cc1OC. The molecule has 0 aromatic heterocycles. The van der Waals surface area contributed by atoms with Crippen LogP contribution in [0.2, 0.25) is 10.0 Å². The molecule has 27 heavy (non-hydrogen) atoms. The molecule has 0 aliphatic heterocycles. The molecular weight excluding hydrogens is 395 g/mol. The maximum atomic E-state index is 12.1. The van der Waals surface area contributed by atoms with Gasteiger partial charge in [-0.05, 0) is 30.2 Å². The van der Waals surface area contributed by atoms with Crippen LogP contribution >= 0.6 is 23.2 Å².